The number of nitrogens with zero attached hydrogens (tertiary/aromatic N) is 3. The van der Waals surface area contributed by atoms with Gasteiger partial charge in [0.2, 0.25) is 0 Å². The van der Waals surface area contributed by atoms with Gasteiger partial charge >= 0.3 is 0 Å². The molecule has 1 fully saturated rings. The summed E-state index contributed by atoms with van der Waals surface area (Å²) in [5.41, 5.74) is 2.56. The lowest BCUT2D eigenvalue weighted by atomic mass is 10.2. The summed E-state index contributed by atoms with van der Waals surface area (Å²) in [6, 6.07) is 5.51. The number of aryl methyl sites for hydroxylation is 2. The normalized spacial score (nSPS) is 18.5. The van der Waals surface area contributed by atoms with Gasteiger partial charge in [0, 0.05) is 37.4 Å². The molecule has 1 aliphatic heterocycles. The van der Waals surface area contributed by atoms with Gasteiger partial charge in [-0.15, -0.1) is 0 Å². The fourth-order valence-corrected chi connectivity index (χ4v) is 2.80. The number of pyridine rings is 1. The van der Waals surface area contributed by atoms with Crippen molar-refractivity contribution < 1.29 is 9.32 Å². The summed E-state index contributed by atoms with van der Waals surface area (Å²) in [5, 5.41) is 7.04. The van der Waals surface area contributed by atoms with Gasteiger partial charge in [0.25, 0.3) is 5.91 Å². The molecule has 1 amide bonds. The standard InChI is InChI=1S/C16H20N4O2/c1-11-14(12(2)22-19-11)10-20-8-6-13(9-20)18-16(21)15-5-3-4-7-17-15/h3-5,7,13H,6,8-10H2,1-2H3,(H,18,21)/t13-/m1/s1. The maximum absolute atomic E-state index is 12.1. The highest BCUT2D eigenvalue weighted by Crippen LogP contribution is 2.18. The number of aromatic nitrogens is 2. The zero-order chi connectivity index (χ0) is 15.5. The minimum atomic E-state index is -0.107. The van der Waals surface area contributed by atoms with Crippen molar-refractivity contribution in [2.75, 3.05) is 13.1 Å². The molecule has 6 nitrogen and oxygen atoms in total. The van der Waals surface area contributed by atoms with E-state index in [9.17, 15) is 4.79 Å². The van der Waals surface area contributed by atoms with E-state index in [1.807, 2.05) is 19.9 Å². The molecule has 0 unspecified atom stereocenters. The van der Waals surface area contributed by atoms with Crippen LogP contribution < -0.4 is 5.32 Å². The molecule has 0 bridgehead atoms. The lowest BCUT2D eigenvalue weighted by Gasteiger charge is -2.16. The average molecular weight is 300 g/mol. The Balaban J connectivity index is 1.55. The smallest absolute Gasteiger partial charge is 0.270 e. The maximum atomic E-state index is 12.1. The predicted molar refractivity (Wildman–Crippen MR) is 81.4 cm³/mol. The van der Waals surface area contributed by atoms with Gasteiger partial charge in [-0.1, -0.05) is 11.2 Å². The van der Waals surface area contributed by atoms with Crippen LogP contribution in [0, 0.1) is 13.8 Å². The Morgan fingerprint density at radius 1 is 1.45 bits per heavy atom. The van der Waals surface area contributed by atoms with Crippen LogP contribution in [0.25, 0.3) is 0 Å². The van der Waals surface area contributed by atoms with Gasteiger partial charge in [0.05, 0.1) is 5.69 Å². The van der Waals surface area contributed by atoms with E-state index in [1.165, 1.54) is 0 Å². The molecule has 3 rings (SSSR count). The molecule has 0 spiro atoms. The first-order chi connectivity index (χ1) is 10.6. The van der Waals surface area contributed by atoms with Crippen LogP contribution >= 0.6 is 0 Å². The molecule has 0 saturated carbocycles. The van der Waals surface area contributed by atoms with Crippen molar-refractivity contribution in [3.63, 3.8) is 0 Å². The molecule has 2 aromatic heterocycles. The summed E-state index contributed by atoms with van der Waals surface area (Å²) in [7, 11) is 0. The summed E-state index contributed by atoms with van der Waals surface area (Å²) in [4.78, 5) is 18.5. The molecule has 1 atom stereocenters. The van der Waals surface area contributed by atoms with Crippen molar-refractivity contribution in [1.29, 1.82) is 0 Å². The van der Waals surface area contributed by atoms with E-state index in [0.717, 1.165) is 43.1 Å². The van der Waals surface area contributed by atoms with Crippen molar-refractivity contribution in [1.82, 2.24) is 20.4 Å². The number of likely N-dealkylation sites (tertiary alicyclic amines) is 1. The molecule has 22 heavy (non-hydrogen) atoms. The highest BCUT2D eigenvalue weighted by molar-refractivity contribution is 5.92. The van der Waals surface area contributed by atoms with Crippen LogP contribution in [-0.2, 0) is 6.54 Å². The molecular weight excluding hydrogens is 280 g/mol. The van der Waals surface area contributed by atoms with E-state index in [0.29, 0.717) is 5.69 Å². The lowest BCUT2D eigenvalue weighted by Crippen LogP contribution is -2.37. The molecule has 2 aromatic rings. The van der Waals surface area contributed by atoms with Crippen molar-refractivity contribution in [3.8, 4) is 0 Å². The zero-order valence-electron chi connectivity index (χ0n) is 12.9. The first kappa shape index (κ1) is 14.7. The maximum Gasteiger partial charge on any atom is 0.270 e. The van der Waals surface area contributed by atoms with E-state index in [1.54, 1.807) is 18.3 Å². The summed E-state index contributed by atoms with van der Waals surface area (Å²) < 4.78 is 5.20. The minimum Gasteiger partial charge on any atom is -0.361 e. The molecule has 1 N–H and O–H groups in total. The van der Waals surface area contributed by atoms with Crippen molar-refractivity contribution in [3.05, 3.63) is 47.1 Å². The molecule has 0 aliphatic carbocycles. The Morgan fingerprint density at radius 3 is 3.00 bits per heavy atom. The molecule has 1 aliphatic rings. The number of carbonyl (C=O) groups excluding carboxylic acids is 1. The number of hydrogen-bond acceptors (Lipinski definition) is 5. The summed E-state index contributed by atoms with van der Waals surface area (Å²) in [5.74, 6) is 0.767. The van der Waals surface area contributed by atoms with Gasteiger partial charge < -0.3 is 9.84 Å². The number of nitrogens with one attached hydrogen (secondary N) is 1. The molecule has 0 aromatic carbocycles. The Hall–Kier alpha value is -2.21. The largest absolute Gasteiger partial charge is 0.361 e. The molecule has 1 saturated heterocycles. The van der Waals surface area contributed by atoms with Crippen LogP contribution in [0.3, 0.4) is 0 Å². The van der Waals surface area contributed by atoms with E-state index in [-0.39, 0.29) is 11.9 Å². The third-order valence-corrected chi connectivity index (χ3v) is 4.07. The van der Waals surface area contributed by atoms with Gasteiger partial charge in [-0.3, -0.25) is 14.7 Å². The quantitative estimate of drug-likeness (QED) is 0.930. The third-order valence-electron chi connectivity index (χ3n) is 4.07. The van der Waals surface area contributed by atoms with E-state index < -0.39 is 0 Å². The predicted octanol–water partition coefficient (Wildman–Crippen LogP) is 1.69. The Bertz CT molecular complexity index is 634. The second kappa shape index (κ2) is 6.27. The number of carbonyl (C=O) groups is 1. The lowest BCUT2D eigenvalue weighted by molar-refractivity contribution is 0.0932. The highest BCUT2D eigenvalue weighted by atomic mass is 16.5. The Labute approximate surface area is 129 Å². The van der Waals surface area contributed by atoms with E-state index in [4.69, 9.17) is 4.52 Å². The van der Waals surface area contributed by atoms with Crippen LogP contribution in [0.4, 0.5) is 0 Å². The molecular formula is C16H20N4O2. The van der Waals surface area contributed by atoms with Crippen LogP contribution in [0.2, 0.25) is 0 Å². The van der Waals surface area contributed by atoms with Crippen LogP contribution in [-0.4, -0.2) is 40.1 Å². The van der Waals surface area contributed by atoms with Crippen molar-refractivity contribution in [2.24, 2.45) is 0 Å². The first-order valence-electron chi connectivity index (χ1n) is 7.49. The number of amides is 1. The summed E-state index contributed by atoms with van der Waals surface area (Å²) in [6.07, 6.45) is 2.58. The van der Waals surface area contributed by atoms with Crippen LogP contribution in [0.5, 0.6) is 0 Å². The summed E-state index contributed by atoms with van der Waals surface area (Å²) in [6.45, 7) is 6.50. The molecule has 6 heteroatoms. The van der Waals surface area contributed by atoms with Gasteiger partial charge in [0.1, 0.15) is 11.5 Å². The van der Waals surface area contributed by atoms with E-state index >= 15 is 0 Å². The Kier molecular flexibility index (Phi) is 4.20. The van der Waals surface area contributed by atoms with Gasteiger partial charge in [-0.2, -0.15) is 0 Å². The minimum absolute atomic E-state index is 0.107. The average Bonchev–Trinajstić information content (AvgIpc) is 3.10. The van der Waals surface area contributed by atoms with Gasteiger partial charge in [-0.25, -0.2) is 0 Å². The second-order valence-corrected chi connectivity index (χ2v) is 5.71. The van der Waals surface area contributed by atoms with E-state index in [2.05, 4.69) is 20.4 Å². The third kappa shape index (κ3) is 3.17. The van der Waals surface area contributed by atoms with Crippen molar-refractivity contribution >= 4 is 5.91 Å². The van der Waals surface area contributed by atoms with Gasteiger partial charge in [0.15, 0.2) is 0 Å². The van der Waals surface area contributed by atoms with Gasteiger partial charge in [-0.05, 0) is 32.4 Å². The molecule has 3 heterocycles. The van der Waals surface area contributed by atoms with Crippen LogP contribution in [0.15, 0.2) is 28.9 Å². The highest BCUT2D eigenvalue weighted by Gasteiger charge is 2.26. The fraction of sp³-hybridized carbons (Fsp3) is 0.438. The molecule has 116 valence electrons. The number of rotatable bonds is 4. The zero-order valence-corrected chi connectivity index (χ0v) is 12.9. The Morgan fingerprint density at radius 2 is 2.32 bits per heavy atom. The monoisotopic (exact) mass is 300 g/mol. The van der Waals surface area contributed by atoms with Crippen molar-refractivity contribution in [2.45, 2.75) is 32.9 Å². The summed E-state index contributed by atoms with van der Waals surface area (Å²) >= 11 is 0. The van der Waals surface area contributed by atoms with Crippen LogP contribution in [0.1, 0.15) is 33.9 Å². The fourth-order valence-electron chi connectivity index (χ4n) is 2.80. The second-order valence-electron chi connectivity index (χ2n) is 5.71. The SMILES string of the molecule is Cc1noc(C)c1CN1CC[C@@H](NC(=O)c2ccccn2)C1. The molecule has 0 radical (unpaired) electrons. The topological polar surface area (TPSA) is 71.3 Å². The number of hydrogen-bond donors (Lipinski definition) is 1. The first-order valence-corrected chi connectivity index (χ1v) is 7.49.